The van der Waals surface area contributed by atoms with Crippen LogP contribution in [0, 0.1) is 6.92 Å². The monoisotopic (exact) mass is 207 g/mol. The highest BCUT2D eigenvalue weighted by Crippen LogP contribution is 2.12. The molecule has 1 heterocycles. The van der Waals surface area contributed by atoms with E-state index < -0.39 is 0 Å². The largest absolute Gasteiger partial charge is 0.443 e. The van der Waals surface area contributed by atoms with Gasteiger partial charge in [0.1, 0.15) is 5.52 Å². The van der Waals surface area contributed by atoms with Gasteiger partial charge in [0.2, 0.25) is 0 Å². The lowest BCUT2D eigenvalue weighted by Gasteiger charge is -1.87. The lowest BCUT2D eigenvalue weighted by atomic mass is 10.2. The number of benzene rings is 1. The van der Waals surface area contributed by atoms with Crippen molar-refractivity contribution in [1.29, 1.82) is 0 Å². The van der Waals surface area contributed by atoms with Crippen molar-refractivity contribution in [2.75, 3.05) is 0 Å². The number of nitrogens with zero attached hydrogens (tertiary/aromatic N) is 1. The minimum Gasteiger partial charge on any atom is -0.443 e. The van der Waals surface area contributed by atoms with Crippen molar-refractivity contribution in [2.45, 2.75) is 41.0 Å². The van der Waals surface area contributed by atoms with Gasteiger partial charge in [-0.15, -0.1) is 0 Å². The number of hydrogen-bond acceptors (Lipinski definition) is 2. The average molecular weight is 207 g/mol. The van der Waals surface area contributed by atoms with E-state index in [-0.39, 0.29) is 0 Å². The van der Waals surface area contributed by atoms with Crippen LogP contribution in [0.2, 0.25) is 0 Å². The molecule has 0 spiro atoms. The van der Waals surface area contributed by atoms with Crippen molar-refractivity contribution in [2.24, 2.45) is 0 Å². The summed E-state index contributed by atoms with van der Waals surface area (Å²) in [6.07, 6.45) is 2.71. The van der Waals surface area contributed by atoms with Crippen LogP contribution in [0.3, 0.4) is 0 Å². The average Bonchev–Trinajstić information content (AvgIpc) is 2.69. The summed E-state index contributed by atoms with van der Waals surface area (Å²) in [4.78, 5) is 3.99. The first-order chi connectivity index (χ1) is 7.27. The molecule has 0 amide bonds. The minimum atomic E-state index is 0.861. The quantitative estimate of drug-likeness (QED) is 0.632. The third kappa shape index (κ3) is 4.63. The Morgan fingerprint density at radius 2 is 1.80 bits per heavy atom. The predicted octanol–water partition coefficient (Wildman–Crippen LogP) is 4.58. The molecule has 1 aromatic heterocycles. The van der Waals surface area contributed by atoms with Gasteiger partial charge in [0.25, 0.3) is 0 Å². The molecule has 2 nitrogen and oxygen atoms in total. The summed E-state index contributed by atoms with van der Waals surface area (Å²) in [6.45, 7) is 10.3. The van der Waals surface area contributed by atoms with Crippen LogP contribution in [0.4, 0.5) is 0 Å². The van der Waals surface area contributed by atoms with E-state index in [2.05, 4.69) is 18.8 Å². The van der Waals surface area contributed by atoms with E-state index in [9.17, 15) is 0 Å². The van der Waals surface area contributed by atoms with Gasteiger partial charge >= 0.3 is 0 Å². The zero-order chi connectivity index (χ0) is 11.7. The molecule has 2 heteroatoms. The summed E-state index contributed by atoms with van der Waals surface area (Å²) in [5.74, 6) is 0. The zero-order valence-electron chi connectivity index (χ0n) is 10.4. The summed E-state index contributed by atoms with van der Waals surface area (Å²) < 4.78 is 5.09. The molecule has 0 fully saturated rings. The Morgan fingerprint density at radius 3 is 2.40 bits per heavy atom. The van der Waals surface area contributed by atoms with Crippen LogP contribution in [-0.2, 0) is 0 Å². The standard InChI is InChI=1S/C8H7NO.C3H8.C2H6/c1-6-2-3-7-8(4-6)10-5-9-7;1-3-2;1-2/h2-5H,1H3;3H2,1-2H3;1-2H3. The van der Waals surface area contributed by atoms with Gasteiger partial charge in [-0.25, -0.2) is 4.98 Å². The van der Waals surface area contributed by atoms with E-state index in [0.717, 1.165) is 11.1 Å². The summed E-state index contributed by atoms with van der Waals surface area (Å²) >= 11 is 0. The summed E-state index contributed by atoms with van der Waals surface area (Å²) in [5.41, 5.74) is 2.98. The molecule has 0 saturated heterocycles. The third-order valence-electron chi connectivity index (χ3n) is 1.49. The molecule has 2 aromatic rings. The molecule has 0 radical (unpaired) electrons. The lowest BCUT2D eigenvalue weighted by Crippen LogP contribution is -1.69. The van der Waals surface area contributed by atoms with Crippen molar-refractivity contribution < 1.29 is 4.42 Å². The highest BCUT2D eigenvalue weighted by Gasteiger charge is 1.95. The first-order valence-electron chi connectivity index (χ1n) is 5.57. The molecule has 0 atom stereocenters. The fourth-order valence-electron chi connectivity index (χ4n) is 0.962. The van der Waals surface area contributed by atoms with Crippen LogP contribution < -0.4 is 0 Å². The number of aryl methyl sites for hydroxylation is 1. The van der Waals surface area contributed by atoms with Crippen LogP contribution in [0.15, 0.2) is 29.0 Å². The summed E-state index contributed by atoms with van der Waals surface area (Å²) in [5, 5.41) is 0. The Morgan fingerprint density at radius 1 is 1.20 bits per heavy atom. The zero-order valence-corrected chi connectivity index (χ0v) is 10.4. The molecule has 1 aromatic carbocycles. The number of fused-ring (bicyclic) bond motifs is 1. The Kier molecular flexibility index (Phi) is 7.33. The highest BCUT2D eigenvalue weighted by atomic mass is 16.3. The van der Waals surface area contributed by atoms with Crippen LogP contribution in [0.25, 0.3) is 11.1 Å². The Hall–Kier alpha value is -1.31. The van der Waals surface area contributed by atoms with Crippen LogP contribution in [0.1, 0.15) is 39.7 Å². The topological polar surface area (TPSA) is 26.0 Å². The van der Waals surface area contributed by atoms with Gasteiger partial charge < -0.3 is 4.42 Å². The Balaban J connectivity index is 0.000000342. The summed E-state index contributed by atoms with van der Waals surface area (Å²) in [6, 6.07) is 5.95. The molecule has 84 valence electrons. The van der Waals surface area contributed by atoms with Crippen molar-refractivity contribution in [3.05, 3.63) is 30.2 Å². The molecule has 0 saturated carbocycles. The fraction of sp³-hybridized carbons (Fsp3) is 0.462. The second kappa shape index (κ2) is 8.04. The molecular formula is C13H21NO. The molecule has 15 heavy (non-hydrogen) atoms. The minimum absolute atomic E-state index is 0.861. The molecule has 0 bridgehead atoms. The number of aromatic nitrogens is 1. The molecule has 0 aliphatic heterocycles. The lowest BCUT2D eigenvalue weighted by molar-refractivity contribution is 0.602. The van der Waals surface area contributed by atoms with E-state index in [4.69, 9.17) is 4.42 Å². The second-order valence-electron chi connectivity index (χ2n) is 3.03. The molecule has 0 aliphatic rings. The van der Waals surface area contributed by atoms with Crippen LogP contribution >= 0.6 is 0 Å². The van der Waals surface area contributed by atoms with Gasteiger partial charge in [-0.2, -0.15) is 0 Å². The normalized spacial score (nSPS) is 8.60. The van der Waals surface area contributed by atoms with E-state index in [0.29, 0.717) is 0 Å². The second-order valence-corrected chi connectivity index (χ2v) is 3.03. The van der Waals surface area contributed by atoms with E-state index in [1.54, 1.807) is 0 Å². The smallest absolute Gasteiger partial charge is 0.181 e. The first-order valence-corrected chi connectivity index (χ1v) is 5.57. The third-order valence-corrected chi connectivity index (χ3v) is 1.49. The highest BCUT2D eigenvalue weighted by molar-refractivity contribution is 5.72. The molecule has 0 unspecified atom stereocenters. The van der Waals surface area contributed by atoms with Crippen molar-refractivity contribution in [3.63, 3.8) is 0 Å². The fourth-order valence-corrected chi connectivity index (χ4v) is 0.962. The maximum atomic E-state index is 5.09. The molecule has 0 aliphatic carbocycles. The number of rotatable bonds is 0. The first kappa shape index (κ1) is 13.7. The Labute approximate surface area is 92.3 Å². The number of oxazole rings is 1. The molecule has 2 rings (SSSR count). The van der Waals surface area contributed by atoms with Crippen LogP contribution in [0.5, 0.6) is 0 Å². The maximum absolute atomic E-state index is 5.09. The van der Waals surface area contributed by atoms with Gasteiger partial charge in [0.05, 0.1) is 0 Å². The van der Waals surface area contributed by atoms with Crippen LogP contribution in [-0.4, -0.2) is 4.98 Å². The SMILES string of the molecule is CC.CCC.Cc1ccc2ncoc2c1. The van der Waals surface area contributed by atoms with Gasteiger partial charge in [-0.3, -0.25) is 0 Å². The van der Waals surface area contributed by atoms with Gasteiger partial charge in [0, 0.05) is 0 Å². The van der Waals surface area contributed by atoms with Crippen molar-refractivity contribution in [3.8, 4) is 0 Å². The van der Waals surface area contributed by atoms with Gasteiger partial charge in [-0.1, -0.05) is 40.2 Å². The van der Waals surface area contributed by atoms with E-state index in [1.807, 2.05) is 39.0 Å². The van der Waals surface area contributed by atoms with E-state index in [1.165, 1.54) is 18.4 Å². The number of hydrogen-bond donors (Lipinski definition) is 0. The van der Waals surface area contributed by atoms with Gasteiger partial charge in [0.15, 0.2) is 12.0 Å². The summed E-state index contributed by atoms with van der Waals surface area (Å²) in [7, 11) is 0. The van der Waals surface area contributed by atoms with Crippen molar-refractivity contribution in [1.82, 2.24) is 4.98 Å². The van der Waals surface area contributed by atoms with Gasteiger partial charge in [-0.05, 0) is 24.6 Å². The Bertz CT molecular complexity index is 365. The van der Waals surface area contributed by atoms with Crippen molar-refractivity contribution >= 4 is 11.1 Å². The predicted molar refractivity (Wildman–Crippen MR) is 66.1 cm³/mol. The molecule has 0 N–H and O–H groups in total. The maximum Gasteiger partial charge on any atom is 0.181 e. The van der Waals surface area contributed by atoms with E-state index >= 15 is 0 Å². The molecular weight excluding hydrogens is 186 g/mol.